The van der Waals surface area contributed by atoms with Gasteiger partial charge in [0.15, 0.2) is 0 Å². The van der Waals surface area contributed by atoms with Crippen LogP contribution >= 0.6 is 11.6 Å². The number of aliphatic carboxylic acids is 1. The highest BCUT2D eigenvalue weighted by molar-refractivity contribution is 6.30. The van der Waals surface area contributed by atoms with Gasteiger partial charge in [-0.15, -0.1) is 0 Å². The summed E-state index contributed by atoms with van der Waals surface area (Å²) >= 11 is 5.87. The van der Waals surface area contributed by atoms with E-state index in [0.29, 0.717) is 43.6 Å². The van der Waals surface area contributed by atoms with Crippen molar-refractivity contribution < 1.29 is 97.0 Å². The fraction of sp³-hybridized carbons (Fsp3) is 0.651. The first-order valence-corrected chi connectivity index (χ1v) is 22.6. The van der Waals surface area contributed by atoms with Crippen LogP contribution in [0.25, 0.3) is 0 Å². The minimum absolute atomic E-state index is 0.00722. The fourth-order valence-corrected chi connectivity index (χ4v) is 6.56. The van der Waals surface area contributed by atoms with Crippen LogP contribution in [0.1, 0.15) is 24.8 Å². The number of aliphatic hydroxyl groups excluding tert-OH is 4. The maximum absolute atomic E-state index is 12.5. The van der Waals surface area contributed by atoms with E-state index in [9.17, 15) is 59.1 Å². The third kappa shape index (κ3) is 22.7. The van der Waals surface area contributed by atoms with Crippen molar-refractivity contribution in [2.24, 2.45) is 0 Å². The van der Waals surface area contributed by atoms with Gasteiger partial charge >= 0.3 is 5.97 Å². The molecule has 2 aliphatic heterocycles. The van der Waals surface area contributed by atoms with Crippen LogP contribution in [0.3, 0.4) is 0 Å². The number of aliphatic hydroxyl groups is 4. The van der Waals surface area contributed by atoms with Crippen molar-refractivity contribution >= 4 is 53.0 Å². The van der Waals surface area contributed by atoms with Crippen LogP contribution in [-0.4, -0.2) is 227 Å². The van der Waals surface area contributed by atoms with E-state index in [1.165, 1.54) is 12.2 Å². The number of hydrogen-bond donors (Lipinski definition) is 9. The number of rotatable bonds is 37. The molecule has 0 spiro atoms. The molecule has 1 saturated heterocycles. The predicted octanol–water partition coefficient (Wildman–Crippen LogP) is -3.82. The Labute approximate surface area is 403 Å². The van der Waals surface area contributed by atoms with Crippen molar-refractivity contribution in [2.45, 2.75) is 61.9 Å². The molecule has 1 aromatic carbocycles. The number of carboxylic acids is 1. The van der Waals surface area contributed by atoms with E-state index in [0.717, 1.165) is 4.90 Å². The second-order valence-electron chi connectivity index (χ2n) is 15.2. The lowest BCUT2D eigenvalue weighted by Gasteiger charge is -2.46. The summed E-state index contributed by atoms with van der Waals surface area (Å²) in [5.41, 5.74) is 0.616. The number of amides is 6. The maximum Gasteiger partial charge on any atom is 0.364 e. The summed E-state index contributed by atoms with van der Waals surface area (Å²) in [4.78, 5) is 84.9. The molecule has 2 aliphatic rings. The first-order valence-electron chi connectivity index (χ1n) is 22.2. The summed E-state index contributed by atoms with van der Waals surface area (Å²) in [6.07, 6.45) is -5.62. The number of halogens is 1. The molecule has 0 bridgehead atoms. The zero-order valence-electron chi connectivity index (χ0n) is 38.1. The van der Waals surface area contributed by atoms with Crippen LogP contribution in [0.5, 0.6) is 0 Å². The standard InChI is InChI=1S/C43H64ClN5O20/c44-30-3-1-29(2-4-30)25-35(55)47-27-32(52)40(59)41-39(48-36(56)28-50)31(51)26-43(69-41,42(60)61)68-24-23-67-20-17-64-14-10-46-34(54)8-12-62-15-18-65-21-22-66-19-16-63-13-9-45-33(53)7-11-49-37(57)5-6-38(49)58/h1-6,31-32,39-41,50-52,59H,7-28H2,(H,45,53)(H,46,54)(H,47,55)(H,48,56)(H,60,61)/t31-,32+,39+,40+,41+,43+/m0/s1. The number of nitrogens with one attached hydrogen (secondary N) is 4. The lowest BCUT2D eigenvalue weighted by molar-refractivity contribution is -0.312. The van der Waals surface area contributed by atoms with Crippen LogP contribution in [0.4, 0.5) is 0 Å². The van der Waals surface area contributed by atoms with E-state index in [4.69, 9.17) is 49.5 Å². The van der Waals surface area contributed by atoms with Gasteiger partial charge in [-0.2, -0.15) is 0 Å². The number of nitrogens with zero attached hydrogens (tertiary/aromatic N) is 1. The van der Waals surface area contributed by atoms with Crippen LogP contribution < -0.4 is 21.3 Å². The van der Waals surface area contributed by atoms with Gasteiger partial charge in [-0.25, -0.2) is 4.79 Å². The summed E-state index contributed by atoms with van der Waals surface area (Å²) in [5, 5.41) is 62.7. The third-order valence-corrected chi connectivity index (χ3v) is 10.3. The van der Waals surface area contributed by atoms with Gasteiger partial charge in [0.2, 0.25) is 23.6 Å². The van der Waals surface area contributed by atoms with Gasteiger partial charge in [-0.05, 0) is 17.7 Å². The van der Waals surface area contributed by atoms with E-state index in [1.807, 2.05) is 0 Å². The Morgan fingerprint density at radius 3 is 1.75 bits per heavy atom. The molecule has 1 fully saturated rings. The summed E-state index contributed by atoms with van der Waals surface area (Å²) in [6.45, 7) is 1.12. The first kappa shape index (κ1) is 58.6. The third-order valence-electron chi connectivity index (χ3n) is 10.0. The highest BCUT2D eigenvalue weighted by Crippen LogP contribution is 2.33. The normalized spacial score (nSPS) is 19.8. The van der Waals surface area contributed by atoms with Crippen molar-refractivity contribution in [3.63, 3.8) is 0 Å². The minimum Gasteiger partial charge on any atom is -0.477 e. The predicted molar refractivity (Wildman–Crippen MR) is 237 cm³/mol. The molecule has 0 unspecified atom stereocenters. The Bertz CT molecular complexity index is 1780. The number of hydrogen-bond acceptors (Lipinski definition) is 19. The van der Waals surface area contributed by atoms with E-state index >= 15 is 0 Å². The van der Waals surface area contributed by atoms with E-state index in [-0.39, 0.29) is 104 Å². The number of carboxylic acid groups (broad SMARTS) is 1. The Kier molecular flexibility index (Phi) is 28.0. The molecule has 9 N–H and O–H groups in total. The minimum atomic E-state index is -2.57. The quantitative estimate of drug-likeness (QED) is 0.0228. The molecule has 6 amide bonds. The van der Waals surface area contributed by atoms with Crippen molar-refractivity contribution in [3.8, 4) is 0 Å². The molecule has 3 rings (SSSR count). The maximum atomic E-state index is 12.5. The second kappa shape index (κ2) is 33.0. The van der Waals surface area contributed by atoms with Crippen molar-refractivity contribution in [1.82, 2.24) is 26.2 Å². The molecule has 0 saturated carbocycles. The summed E-state index contributed by atoms with van der Waals surface area (Å²) in [7, 11) is 0. The highest BCUT2D eigenvalue weighted by Gasteiger charge is 2.56. The van der Waals surface area contributed by atoms with Gasteiger partial charge in [-0.1, -0.05) is 23.7 Å². The van der Waals surface area contributed by atoms with Gasteiger partial charge < -0.3 is 84.7 Å². The number of benzene rings is 1. The molecule has 1 aromatic rings. The molecule has 0 aromatic heterocycles. The van der Waals surface area contributed by atoms with Crippen LogP contribution in [-0.2, 0) is 77.9 Å². The molecule has 388 valence electrons. The smallest absolute Gasteiger partial charge is 0.364 e. The molecule has 0 aliphatic carbocycles. The Morgan fingerprint density at radius 2 is 1.22 bits per heavy atom. The Hall–Kier alpha value is -4.74. The Morgan fingerprint density at radius 1 is 0.710 bits per heavy atom. The lowest BCUT2D eigenvalue weighted by atomic mass is 9.88. The SMILES string of the molecule is O=C(CCOCCOCCOCCOCCNC(=O)CCN1C(=O)C=CC1=O)NCCOCCOCCO[C@]1(C(=O)O)C[C@H](O)[C@@H](NC(=O)CO)[C@H]([C@H](O)[C@H](O)CNC(=O)Cc2ccc(Cl)cc2)O1. The molecular weight excluding hydrogens is 942 g/mol. The van der Waals surface area contributed by atoms with Gasteiger partial charge in [0.1, 0.15) is 18.8 Å². The lowest BCUT2D eigenvalue weighted by Crippen LogP contribution is -2.68. The van der Waals surface area contributed by atoms with Crippen molar-refractivity contribution in [2.75, 3.05) is 119 Å². The average molecular weight is 1010 g/mol. The fourth-order valence-electron chi connectivity index (χ4n) is 6.44. The molecule has 26 heteroatoms. The van der Waals surface area contributed by atoms with E-state index in [2.05, 4.69) is 21.3 Å². The highest BCUT2D eigenvalue weighted by atomic mass is 35.5. The number of carbonyl (C=O) groups is 7. The molecule has 6 atom stereocenters. The monoisotopic (exact) mass is 1010 g/mol. The first-order chi connectivity index (χ1) is 33.1. The molecule has 25 nitrogen and oxygen atoms in total. The Balaban J connectivity index is 1.18. The van der Waals surface area contributed by atoms with Crippen LogP contribution in [0.2, 0.25) is 5.02 Å². The summed E-state index contributed by atoms with van der Waals surface area (Å²) in [5.74, 6) is -7.17. The number of ether oxygens (including phenoxy) is 8. The van der Waals surface area contributed by atoms with Gasteiger partial charge in [0, 0.05) is 62.6 Å². The van der Waals surface area contributed by atoms with E-state index in [1.54, 1.807) is 24.3 Å². The van der Waals surface area contributed by atoms with E-state index < -0.39 is 85.4 Å². The van der Waals surface area contributed by atoms with Crippen molar-refractivity contribution in [1.29, 1.82) is 0 Å². The van der Waals surface area contributed by atoms with Crippen molar-refractivity contribution in [3.05, 3.63) is 47.0 Å². The van der Waals surface area contributed by atoms with Crippen LogP contribution in [0, 0.1) is 0 Å². The largest absolute Gasteiger partial charge is 0.477 e. The van der Waals surface area contributed by atoms with Crippen LogP contribution in [0.15, 0.2) is 36.4 Å². The number of carbonyl (C=O) groups excluding carboxylic acids is 6. The zero-order valence-corrected chi connectivity index (χ0v) is 38.8. The second-order valence-corrected chi connectivity index (χ2v) is 15.6. The topological polar surface area (TPSA) is 346 Å². The summed E-state index contributed by atoms with van der Waals surface area (Å²) in [6, 6.07) is 4.94. The van der Waals surface area contributed by atoms with Gasteiger partial charge in [-0.3, -0.25) is 33.7 Å². The van der Waals surface area contributed by atoms with Gasteiger partial charge in [0.05, 0.1) is 111 Å². The molecule has 69 heavy (non-hydrogen) atoms. The number of imide groups is 1. The zero-order chi connectivity index (χ0) is 50.4. The summed E-state index contributed by atoms with van der Waals surface area (Å²) < 4.78 is 43.7. The molecule has 2 heterocycles. The average Bonchev–Trinajstić information content (AvgIpc) is 3.65. The molecular formula is C43H64ClN5O20. The van der Waals surface area contributed by atoms with Gasteiger partial charge in [0.25, 0.3) is 17.6 Å². The molecule has 0 radical (unpaired) electrons.